The first kappa shape index (κ1) is 46.8. The van der Waals surface area contributed by atoms with E-state index in [1.807, 2.05) is 0 Å². The van der Waals surface area contributed by atoms with Crippen molar-refractivity contribution < 1.29 is 13.3 Å². The van der Waals surface area contributed by atoms with Gasteiger partial charge in [0.15, 0.2) is 5.58 Å². The van der Waals surface area contributed by atoms with Gasteiger partial charge in [-0.25, -0.2) is 0 Å². The molecule has 15 rings (SSSR count). The van der Waals surface area contributed by atoms with Gasteiger partial charge in [0.1, 0.15) is 28.0 Å². The first-order chi connectivity index (χ1) is 36.7. The largest absolute Gasteiger partial charge is 0.466 e. The van der Waals surface area contributed by atoms with Gasteiger partial charge >= 0.3 is 6.85 Å². The summed E-state index contributed by atoms with van der Waals surface area (Å²) in [5.41, 5.74) is 24.8. The number of aryl methyl sites for hydroxylation is 1. The molecule has 0 saturated heterocycles. The lowest BCUT2D eigenvalue weighted by molar-refractivity contribution is 0.332. The highest BCUT2D eigenvalue weighted by molar-refractivity contribution is 6.93. The van der Waals surface area contributed by atoms with Gasteiger partial charge in [-0.3, -0.25) is 0 Å². The van der Waals surface area contributed by atoms with Gasteiger partial charge in [-0.05, 0) is 176 Å². The van der Waals surface area contributed by atoms with E-state index in [0.717, 1.165) is 126 Å². The smallest absolute Gasteiger partial charge is 0.376 e. The molecule has 0 spiro atoms. The molecule has 4 aliphatic rings. The minimum atomic E-state index is -0.395. The topological polar surface area (TPSA) is 45.9 Å². The highest BCUT2D eigenvalue weighted by Gasteiger charge is 2.51. The maximum Gasteiger partial charge on any atom is 0.376 e. The molecule has 0 fully saturated rings. The SMILES string of the molecule is Cc1cc2c(cc1N1c3c(oc4cc(-c5ccccc5)ccc34)B3c4c(cc5c(oc6ccccc65)c41)-c1cc4c(cc1N3c1ccc(C(C)(C)C)cc1)oc1cc3c(cc14)C(C)(C)CCC3(C)C)C(C)(C)CCC2(C)C. The highest BCUT2D eigenvalue weighted by Crippen LogP contribution is 2.57. The lowest BCUT2D eigenvalue weighted by atomic mass is 9.45. The van der Waals surface area contributed by atoms with Crippen LogP contribution in [0.3, 0.4) is 0 Å². The normalized spacial score (nSPS) is 17.7. The fourth-order valence-electron chi connectivity index (χ4n) is 14.4. The number of para-hydroxylation sites is 1. The summed E-state index contributed by atoms with van der Waals surface area (Å²) < 4.78 is 22.2. The van der Waals surface area contributed by atoms with Gasteiger partial charge in [-0.2, -0.15) is 0 Å². The molecule has 77 heavy (non-hydrogen) atoms. The van der Waals surface area contributed by atoms with E-state index >= 15 is 0 Å². The Kier molecular flexibility index (Phi) is 9.37. The number of hydrogen-bond donors (Lipinski definition) is 0. The average molecular weight is 1010 g/mol. The second kappa shape index (κ2) is 15.4. The average Bonchev–Trinajstić information content (AvgIpc) is 4.30. The number of benzene rings is 8. The number of nitrogens with zero attached hydrogens (tertiary/aromatic N) is 2. The molecule has 2 aliphatic carbocycles. The summed E-state index contributed by atoms with van der Waals surface area (Å²) in [5.74, 6) is 0. The lowest BCUT2D eigenvalue weighted by Gasteiger charge is -2.45. The van der Waals surface area contributed by atoms with E-state index in [9.17, 15) is 0 Å². The second-order valence-electron chi connectivity index (χ2n) is 27.0. The second-order valence-corrected chi connectivity index (χ2v) is 27.0. The van der Waals surface area contributed by atoms with E-state index < -0.39 is 6.85 Å². The summed E-state index contributed by atoms with van der Waals surface area (Å²) in [5, 5.41) is 5.57. The monoisotopic (exact) mass is 1010 g/mol. The number of fused-ring (bicyclic) bond motifs is 15. The Morgan fingerprint density at radius 3 is 1.75 bits per heavy atom. The maximum absolute atomic E-state index is 7.69. The van der Waals surface area contributed by atoms with E-state index in [0.29, 0.717) is 0 Å². The van der Waals surface area contributed by atoms with Crippen LogP contribution in [0.1, 0.15) is 135 Å². The van der Waals surface area contributed by atoms with E-state index in [4.69, 9.17) is 13.3 Å². The molecule has 2 aliphatic heterocycles. The predicted octanol–water partition coefficient (Wildman–Crippen LogP) is 18.9. The third-order valence-corrected chi connectivity index (χ3v) is 19.2. The van der Waals surface area contributed by atoms with Crippen molar-refractivity contribution in [2.75, 3.05) is 9.71 Å². The molecular formula is C71H67BN2O3. The molecule has 0 atom stereocenters. The first-order valence-corrected chi connectivity index (χ1v) is 28.2. The molecule has 3 aromatic heterocycles. The zero-order valence-electron chi connectivity index (χ0n) is 46.8. The third-order valence-electron chi connectivity index (χ3n) is 19.2. The third kappa shape index (κ3) is 6.60. The Morgan fingerprint density at radius 2 is 1.05 bits per heavy atom. The summed E-state index contributed by atoms with van der Waals surface area (Å²) in [6.07, 6.45) is 4.55. The van der Waals surface area contributed by atoms with Crippen LogP contribution in [0.25, 0.3) is 77.1 Å². The molecule has 0 amide bonds. The van der Waals surface area contributed by atoms with Crippen LogP contribution in [-0.2, 0) is 27.1 Å². The molecule has 5 heterocycles. The Balaban J connectivity index is 1.11. The zero-order chi connectivity index (χ0) is 53.0. The van der Waals surface area contributed by atoms with Crippen LogP contribution in [0.15, 0.2) is 153 Å². The van der Waals surface area contributed by atoms with Crippen molar-refractivity contribution in [3.63, 3.8) is 0 Å². The fourth-order valence-corrected chi connectivity index (χ4v) is 14.4. The molecule has 0 bridgehead atoms. The summed E-state index contributed by atoms with van der Waals surface area (Å²) in [6, 6.07) is 52.6. The van der Waals surface area contributed by atoms with Crippen molar-refractivity contribution in [3.05, 3.63) is 173 Å². The quantitative estimate of drug-likeness (QED) is 0.165. The van der Waals surface area contributed by atoms with Gasteiger partial charge in [0.05, 0.1) is 11.4 Å². The van der Waals surface area contributed by atoms with Crippen LogP contribution in [0.4, 0.5) is 28.4 Å². The molecule has 0 unspecified atom stereocenters. The number of hydrogen-bond acceptors (Lipinski definition) is 5. The van der Waals surface area contributed by atoms with Crippen molar-refractivity contribution >= 4 is 101 Å². The molecule has 0 radical (unpaired) electrons. The van der Waals surface area contributed by atoms with Crippen molar-refractivity contribution in [1.82, 2.24) is 0 Å². The molecule has 8 aromatic carbocycles. The number of rotatable bonds is 3. The maximum atomic E-state index is 7.69. The summed E-state index contributed by atoms with van der Waals surface area (Å²) in [7, 11) is 0. The molecule has 0 N–H and O–H groups in total. The zero-order valence-corrected chi connectivity index (χ0v) is 46.8. The van der Waals surface area contributed by atoms with Gasteiger partial charge in [-0.1, -0.05) is 149 Å². The standard InChI is InChI=1S/C71H67BN2O3/c1-40-32-52-54(70(9,10)30-28-68(52,5)6)37-56(40)73-63-46-27-22-42(41-18-14-13-15-19-41)33-59(46)77-66(63)72-62-50(35-51-45-20-16-17-21-58(45)76-65(51)64(62)73)47-34-48-49-36-53-55(71(11,12)31-29-69(53,7)8)38-60(49)75-61(48)39-57(47)74(72)44-25-23-43(24-26-44)67(2,3)4/h13-27,32-39H,28-31H2,1-12H3. The van der Waals surface area contributed by atoms with Crippen molar-refractivity contribution in [2.24, 2.45) is 0 Å². The van der Waals surface area contributed by atoms with Gasteiger partial charge in [-0.15, -0.1) is 0 Å². The van der Waals surface area contributed by atoms with Crippen molar-refractivity contribution in [2.45, 2.75) is 136 Å². The molecule has 382 valence electrons. The van der Waals surface area contributed by atoms with Crippen LogP contribution in [0.2, 0.25) is 0 Å². The summed E-state index contributed by atoms with van der Waals surface area (Å²) >= 11 is 0. The van der Waals surface area contributed by atoms with E-state index in [1.165, 1.54) is 49.8 Å². The summed E-state index contributed by atoms with van der Waals surface area (Å²) in [4.78, 5) is 5.14. The molecule has 5 nitrogen and oxygen atoms in total. The Bertz CT molecular complexity index is 4340. The van der Waals surface area contributed by atoms with Crippen LogP contribution < -0.4 is 20.8 Å². The van der Waals surface area contributed by atoms with Crippen molar-refractivity contribution in [3.8, 4) is 22.3 Å². The first-order valence-electron chi connectivity index (χ1n) is 28.2. The number of anilines is 5. The lowest BCUT2D eigenvalue weighted by Crippen LogP contribution is -2.61. The summed E-state index contributed by atoms with van der Waals surface area (Å²) in [6.45, 7) is 28.2. The number of furan rings is 3. The van der Waals surface area contributed by atoms with Crippen molar-refractivity contribution in [1.29, 1.82) is 0 Å². The Labute approximate surface area is 453 Å². The van der Waals surface area contributed by atoms with Crippen LogP contribution >= 0.6 is 0 Å². The highest BCUT2D eigenvalue weighted by atomic mass is 16.3. The minimum absolute atomic E-state index is 0.0276. The van der Waals surface area contributed by atoms with Crippen LogP contribution in [0.5, 0.6) is 0 Å². The molecular weight excluding hydrogens is 940 g/mol. The van der Waals surface area contributed by atoms with Crippen LogP contribution in [0, 0.1) is 6.92 Å². The Morgan fingerprint density at radius 1 is 0.455 bits per heavy atom. The van der Waals surface area contributed by atoms with E-state index in [-0.39, 0.29) is 27.1 Å². The molecule has 6 heteroatoms. The Hall–Kier alpha value is -7.44. The van der Waals surface area contributed by atoms with Gasteiger partial charge in [0.2, 0.25) is 0 Å². The fraction of sp³-hybridized carbons (Fsp3) is 0.296. The molecule has 0 saturated carbocycles. The van der Waals surface area contributed by atoms with Gasteiger partial charge in [0.25, 0.3) is 0 Å². The van der Waals surface area contributed by atoms with Crippen LogP contribution in [-0.4, -0.2) is 6.85 Å². The minimum Gasteiger partial charge on any atom is -0.466 e. The van der Waals surface area contributed by atoms with E-state index in [2.05, 4.69) is 232 Å². The predicted molar refractivity (Wildman–Crippen MR) is 324 cm³/mol. The van der Waals surface area contributed by atoms with Gasteiger partial charge in [0, 0.05) is 55.6 Å². The molecule has 11 aromatic rings. The van der Waals surface area contributed by atoms with E-state index in [1.54, 1.807) is 0 Å². The van der Waals surface area contributed by atoms with Gasteiger partial charge < -0.3 is 23.0 Å².